The molecule has 0 atom stereocenters. The molecule has 1 aliphatic carbocycles. The highest BCUT2D eigenvalue weighted by molar-refractivity contribution is 7.90. The van der Waals surface area contributed by atoms with Gasteiger partial charge in [-0.2, -0.15) is 4.37 Å². The zero-order valence-corrected chi connectivity index (χ0v) is 18.0. The Morgan fingerprint density at radius 2 is 1.93 bits per heavy atom. The van der Waals surface area contributed by atoms with E-state index in [1.165, 1.54) is 11.5 Å². The van der Waals surface area contributed by atoms with Crippen molar-refractivity contribution in [3.63, 3.8) is 0 Å². The van der Waals surface area contributed by atoms with Crippen LogP contribution in [0.5, 0.6) is 0 Å². The van der Waals surface area contributed by atoms with E-state index >= 15 is 0 Å². The largest absolute Gasteiger partial charge is 0.382 e. The summed E-state index contributed by atoms with van der Waals surface area (Å²) in [5.41, 5.74) is 3.23. The van der Waals surface area contributed by atoms with E-state index in [9.17, 15) is 8.42 Å². The smallest absolute Gasteiger partial charge is 0.216 e. The molecular weight excluding hydrogens is 404 g/mol. The zero-order chi connectivity index (χ0) is 20.0. The summed E-state index contributed by atoms with van der Waals surface area (Å²) in [5.74, 6) is 0. The third kappa shape index (κ3) is 3.76. The van der Waals surface area contributed by atoms with E-state index in [-0.39, 0.29) is 11.3 Å². The quantitative estimate of drug-likeness (QED) is 0.664. The number of nitrogens with zero attached hydrogens (tertiary/aromatic N) is 3. The Labute approximate surface area is 175 Å². The van der Waals surface area contributed by atoms with E-state index in [2.05, 4.69) is 32.9 Å². The molecule has 8 heteroatoms. The maximum absolute atomic E-state index is 12.5. The first kappa shape index (κ1) is 19.0. The molecule has 2 aromatic heterocycles. The van der Waals surface area contributed by atoms with Gasteiger partial charge in [-0.05, 0) is 79.4 Å². The molecule has 1 N–H and O–H groups in total. The van der Waals surface area contributed by atoms with Crippen molar-refractivity contribution < 1.29 is 8.42 Å². The van der Waals surface area contributed by atoms with Gasteiger partial charge in [0.1, 0.15) is 0 Å². The van der Waals surface area contributed by atoms with E-state index in [4.69, 9.17) is 0 Å². The predicted octanol–water partition coefficient (Wildman–Crippen LogP) is 4.04. The molecule has 1 saturated heterocycles. The van der Waals surface area contributed by atoms with Crippen LogP contribution in [-0.2, 0) is 10.0 Å². The molecule has 152 valence electrons. The molecule has 1 aliphatic heterocycles. The van der Waals surface area contributed by atoms with Crippen molar-refractivity contribution in [1.82, 2.24) is 13.7 Å². The van der Waals surface area contributed by atoms with E-state index < -0.39 is 10.0 Å². The second-order valence-electron chi connectivity index (χ2n) is 8.02. The number of aryl methyl sites for hydroxylation is 1. The van der Waals surface area contributed by atoms with Crippen LogP contribution in [0.2, 0.25) is 0 Å². The minimum Gasteiger partial charge on any atom is -0.382 e. The number of nitrogens with one attached hydrogen (secondary N) is 1. The third-order valence-electron chi connectivity index (χ3n) is 5.79. The van der Waals surface area contributed by atoms with Crippen LogP contribution in [0.4, 0.5) is 5.69 Å². The third-order valence-corrected chi connectivity index (χ3v) is 9.12. The van der Waals surface area contributed by atoms with Gasteiger partial charge in [-0.1, -0.05) is 0 Å². The maximum atomic E-state index is 12.5. The summed E-state index contributed by atoms with van der Waals surface area (Å²) >= 11 is 1.51. The fraction of sp³-hybridized carbons (Fsp3) is 0.429. The molecule has 1 saturated carbocycles. The van der Waals surface area contributed by atoms with Crippen LogP contribution in [0.25, 0.3) is 21.2 Å². The monoisotopic (exact) mass is 428 g/mol. The molecule has 3 heterocycles. The second-order valence-corrected chi connectivity index (χ2v) is 11.0. The highest BCUT2D eigenvalue weighted by Gasteiger charge is 2.41. The Morgan fingerprint density at radius 3 is 2.62 bits per heavy atom. The minimum absolute atomic E-state index is 0.124. The van der Waals surface area contributed by atoms with Crippen LogP contribution in [0.3, 0.4) is 0 Å². The lowest BCUT2D eigenvalue weighted by molar-refractivity contribution is 0.329. The zero-order valence-electron chi connectivity index (χ0n) is 16.3. The molecule has 3 aromatic rings. The lowest BCUT2D eigenvalue weighted by atomic mass is 10.0. The maximum Gasteiger partial charge on any atom is 0.216 e. The Morgan fingerprint density at radius 1 is 1.14 bits per heavy atom. The summed E-state index contributed by atoms with van der Waals surface area (Å²) < 4.78 is 31.1. The van der Waals surface area contributed by atoms with E-state index in [0.717, 1.165) is 58.3 Å². The number of rotatable bonds is 5. The van der Waals surface area contributed by atoms with Gasteiger partial charge in [-0.3, -0.25) is 4.98 Å². The van der Waals surface area contributed by atoms with Crippen molar-refractivity contribution in [3.05, 3.63) is 42.4 Å². The van der Waals surface area contributed by atoms with Gasteiger partial charge in [0.25, 0.3) is 0 Å². The van der Waals surface area contributed by atoms with E-state index in [0.29, 0.717) is 13.1 Å². The van der Waals surface area contributed by atoms with Gasteiger partial charge in [0.15, 0.2) is 0 Å². The van der Waals surface area contributed by atoms with Gasteiger partial charge in [-0.25, -0.2) is 12.7 Å². The van der Waals surface area contributed by atoms with Gasteiger partial charge >= 0.3 is 0 Å². The fourth-order valence-corrected chi connectivity index (χ4v) is 6.63. The van der Waals surface area contributed by atoms with Gasteiger partial charge in [0.05, 0.1) is 15.8 Å². The van der Waals surface area contributed by atoms with Gasteiger partial charge < -0.3 is 5.32 Å². The average molecular weight is 429 g/mol. The lowest BCUT2D eigenvalue weighted by Crippen LogP contribution is -2.43. The van der Waals surface area contributed by atoms with Crippen LogP contribution < -0.4 is 5.32 Å². The number of fused-ring (bicyclic) bond motifs is 1. The molecule has 0 amide bonds. The van der Waals surface area contributed by atoms with Crippen molar-refractivity contribution in [2.45, 2.75) is 43.9 Å². The van der Waals surface area contributed by atoms with Gasteiger partial charge in [-0.15, -0.1) is 0 Å². The summed E-state index contributed by atoms with van der Waals surface area (Å²) in [7, 11) is -3.07. The standard InChI is InChI=1S/C21H24N4O2S2/c1-14-10-21(28-24-14)16-11-15-4-7-22-13-19(15)20(12-16)23-17-5-8-25(9-6-17)29(26,27)18-2-3-18/h4,7,10-13,17-18,23H,2-3,5-6,8-9H2,1H3. The first-order valence-electron chi connectivity index (χ1n) is 10.1. The Bertz CT molecular complexity index is 1150. The highest BCUT2D eigenvalue weighted by atomic mass is 32.2. The Balaban J connectivity index is 1.39. The highest BCUT2D eigenvalue weighted by Crippen LogP contribution is 2.35. The van der Waals surface area contributed by atoms with Crippen molar-refractivity contribution >= 4 is 38.0 Å². The predicted molar refractivity (Wildman–Crippen MR) is 118 cm³/mol. The number of anilines is 1. The number of piperidine rings is 1. The summed E-state index contributed by atoms with van der Waals surface area (Å²) in [6, 6.07) is 8.74. The first-order valence-corrected chi connectivity index (χ1v) is 12.4. The normalized spacial score (nSPS) is 18.9. The van der Waals surface area contributed by atoms with Crippen molar-refractivity contribution in [2.24, 2.45) is 0 Å². The van der Waals surface area contributed by atoms with Gasteiger partial charge in [0, 0.05) is 42.6 Å². The molecule has 0 spiro atoms. The molecule has 0 unspecified atom stereocenters. The van der Waals surface area contributed by atoms with Crippen molar-refractivity contribution in [3.8, 4) is 10.4 Å². The minimum atomic E-state index is -3.07. The number of pyridine rings is 1. The molecule has 29 heavy (non-hydrogen) atoms. The Hall–Kier alpha value is -2.03. The summed E-state index contributed by atoms with van der Waals surface area (Å²) in [5, 5.41) is 5.78. The average Bonchev–Trinajstić information content (AvgIpc) is 3.50. The Kier molecular flexibility index (Phi) is 4.80. The summed E-state index contributed by atoms with van der Waals surface area (Å²) in [6.45, 7) is 3.20. The van der Waals surface area contributed by atoms with Crippen molar-refractivity contribution in [2.75, 3.05) is 18.4 Å². The molecular formula is C21H24N4O2S2. The summed E-state index contributed by atoms with van der Waals surface area (Å²) in [6.07, 6.45) is 6.99. The molecule has 0 radical (unpaired) electrons. The van der Waals surface area contributed by atoms with Crippen LogP contribution in [0, 0.1) is 6.92 Å². The van der Waals surface area contributed by atoms with Crippen molar-refractivity contribution in [1.29, 1.82) is 0 Å². The fourth-order valence-electron chi connectivity index (χ4n) is 4.01. The van der Waals surface area contributed by atoms with Crippen LogP contribution in [-0.4, -0.2) is 46.5 Å². The molecule has 5 rings (SSSR count). The van der Waals surface area contributed by atoms with E-state index in [1.54, 1.807) is 4.31 Å². The second kappa shape index (κ2) is 7.34. The van der Waals surface area contributed by atoms with E-state index in [1.807, 2.05) is 25.4 Å². The summed E-state index contributed by atoms with van der Waals surface area (Å²) in [4.78, 5) is 5.45. The van der Waals surface area contributed by atoms with Crippen LogP contribution in [0.15, 0.2) is 36.7 Å². The van der Waals surface area contributed by atoms with Gasteiger partial charge in [0.2, 0.25) is 10.0 Å². The first-order chi connectivity index (χ1) is 14.0. The molecule has 1 aromatic carbocycles. The number of hydrogen-bond acceptors (Lipinski definition) is 6. The molecule has 2 fully saturated rings. The van der Waals surface area contributed by atoms with Crippen LogP contribution in [0.1, 0.15) is 31.4 Å². The molecule has 2 aliphatic rings. The lowest BCUT2D eigenvalue weighted by Gasteiger charge is -2.32. The number of hydrogen-bond donors (Lipinski definition) is 1. The molecule has 6 nitrogen and oxygen atoms in total. The number of sulfonamides is 1. The molecule has 0 bridgehead atoms. The number of aromatic nitrogens is 2. The SMILES string of the molecule is Cc1cc(-c2cc(NC3CCN(S(=O)(=O)C4CC4)CC3)c3cnccc3c2)sn1. The van der Waals surface area contributed by atoms with Crippen LogP contribution >= 0.6 is 11.5 Å². The number of benzene rings is 1. The topological polar surface area (TPSA) is 75.2 Å².